The average Bonchev–Trinajstić information content (AvgIpc) is 1.63. The minimum Gasteiger partial charge on any atom is -0.502 e. The second-order valence-corrected chi connectivity index (χ2v) is 30.8. The van der Waals surface area contributed by atoms with Crippen LogP contribution in [0, 0.1) is 23.3 Å². The molecule has 16 rings (SSSR count). The molecule has 0 saturated carbocycles. The molecule has 8 aromatic carbocycles. The van der Waals surface area contributed by atoms with Crippen molar-refractivity contribution in [3.63, 3.8) is 0 Å². The number of hydrogen-bond donors (Lipinski definition) is 5. The molecule has 20 nitrogen and oxygen atoms in total. The molecule has 12 aromatic rings. The maximum Gasteiger partial charge on any atom is 0.200 e. The number of aryl methyl sites for hydroxylation is 1. The number of furan rings is 2. The SMILES string of the molecule is COc1cc(/C=C2/C(C)=C(CCC(=O)c3cc[nH]c3)c3cc(F)ccc32)cc(OC)c1O.COc1cc(/C=C2/C(C)=C(CCC(=O)c3ccco3)c3cc(F)ccc32)cc(OC)c1O.COc1cc(/C=C2/C(C)=C(CCC(=O)c3ccn(C)c3)c3cc(F)ccc32)cc(OC)c1O.COc1cc(/C=C2/C(C)=C(CCC(=O)c3ccoc3)c3cc(F)ccc32)cc(OC)c1O. The highest BCUT2D eigenvalue weighted by Crippen LogP contribution is 2.52. The van der Waals surface area contributed by atoms with E-state index in [9.17, 15) is 57.2 Å². The summed E-state index contributed by atoms with van der Waals surface area (Å²) in [7, 11) is 13.7. The Morgan fingerprint density at radius 2 is 0.667 bits per heavy atom. The van der Waals surface area contributed by atoms with Gasteiger partial charge < -0.3 is 76.7 Å². The van der Waals surface area contributed by atoms with Crippen LogP contribution in [0.2, 0.25) is 0 Å². The van der Waals surface area contributed by atoms with Gasteiger partial charge in [-0.3, -0.25) is 19.2 Å². The molecular formula is C105H96F4N2O18. The number of carbonyl (C=O) groups is 4. The molecular weight excluding hydrogens is 1650 g/mol. The summed E-state index contributed by atoms with van der Waals surface area (Å²) in [4.78, 5) is 53.0. The summed E-state index contributed by atoms with van der Waals surface area (Å²) < 4.78 is 111. The second-order valence-electron chi connectivity index (χ2n) is 30.8. The van der Waals surface area contributed by atoms with Gasteiger partial charge in [-0.1, -0.05) is 24.3 Å². The fourth-order valence-corrected chi connectivity index (χ4v) is 16.5. The van der Waals surface area contributed by atoms with Crippen LogP contribution in [0.15, 0.2) is 226 Å². The average molecular weight is 1750 g/mol. The molecule has 0 radical (unpaired) electrons. The minimum atomic E-state index is -0.333. The first-order valence-electron chi connectivity index (χ1n) is 41.2. The quantitative estimate of drug-likeness (QED) is 0.0225. The van der Waals surface area contributed by atoms with Gasteiger partial charge in [-0.05, 0) is 339 Å². The number of aromatic amines is 1. The van der Waals surface area contributed by atoms with Crippen LogP contribution in [0.3, 0.4) is 0 Å². The maximum absolute atomic E-state index is 14.2. The lowest BCUT2D eigenvalue weighted by Crippen LogP contribution is -1.98. The van der Waals surface area contributed by atoms with E-state index in [2.05, 4.69) is 4.98 Å². The van der Waals surface area contributed by atoms with Crippen molar-refractivity contribution in [3.8, 4) is 69.0 Å². The van der Waals surface area contributed by atoms with Crippen LogP contribution in [0.1, 0.15) is 187 Å². The van der Waals surface area contributed by atoms with E-state index in [4.69, 9.17) is 46.7 Å². The summed E-state index contributed by atoms with van der Waals surface area (Å²) in [6, 6.07) is 41.0. The van der Waals surface area contributed by atoms with Crippen molar-refractivity contribution in [3.05, 3.63) is 330 Å². The summed E-state index contributed by atoms with van der Waals surface area (Å²) in [6.07, 6.45) is 22.4. The van der Waals surface area contributed by atoms with E-state index in [1.165, 1.54) is 124 Å². The number of phenols is 4. The number of rotatable bonds is 28. The van der Waals surface area contributed by atoms with Crippen molar-refractivity contribution < 1.29 is 104 Å². The fraction of sp³-hybridized carbons (Fsp3) is 0.200. The number of allylic oxidation sites excluding steroid dienone is 12. The maximum atomic E-state index is 14.2. The third-order valence-corrected chi connectivity index (χ3v) is 23.2. The van der Waals surface area contributed by atoms with Crippen molar-refractivity contribution in [2.75, 3.05) is 56.9 Å². The number of phenolic OH excluding ortho intramolecular Hbond substituents is 4. The van der Waals surface area contributed by atoms with E-state index in [1.807, 2.05) is 82.1 Å². The van der Waals surface area contributed by atoms with Crippen molar-refractivity contribution in [2.24, 2.45) is 7.05 Å². The van der Waals surface area contributed by atoms with Gasteiger partial charge in [0.25, 0.3) is 0 Å². The zero-order valence-corrected chi connectivity index (χ0v) is 73.4. The number of nitrogens with one attached hydrogen (secondary N) is 1. The summed E-state index contributed by atoms with van der Waals surface area (Å²) in [5.41, 5.74) is 23.0. The Hall–Kier alpha value is -15.2. The first-order chi connectivity index (χ1) is 62.1. The molecule has 4 aliphatic carbocycles. The van der Waals surface area contributed by atoms with E-state index >= 15 is 0 Å². The molecule has 0 saturated heterocycles. The van der Waals surface area contributed by atoms with E-state index in [1.54, 1.807) is 109 Å². The Labute approximate surface area is 743 Å². The monoisotopic (exact) mass is 1750 g/mol. The summed E-state index contributed by atoms with van der Waals surface area (Å²) in [6.45, 7) is 7.90. The Morgan fingerprint density at radius 3 is 0.922 bits per heavy atom. The normalized spacial score (nSPS) is 14.1. The molecule has 24 heteroatoms. The topological polar surface area (TPSA) is 270 Å². The van der Waals surface area contributed by atoms with Crippen LogP contribution in [0.25, 0.3) is 68.9 Å². The molecule has 5 N–H and O–H groups in total. The lowest BCUT2D eigenvalue weighted by molar-refractivity contribution is 0.0953. The largest absolute Gasteiger partial charge is 0.502 e. The van der Waals surface area contributed by atoms with E-state index in [0.717, 1.165) is 134 Å². The number of methoxy groups -OCH3 is 8. The number of aromatic hydroxyl groups is 4. The minimum absolute atomic E-state index is 0.0255. The van der Waals surface area contributed by atoms with Gasteiger partial charge in [-0.15, -0.1) is 0 Å². The molecule has 0 aliphatic heterocycles. The number of Topliss-reactive ketones (excluding diaryl/α,β-unsaturated/α-hetero) is 4. The van der Waals surface area contributed by atoms with Crippen LogP contribution < -0.4 is 37.9 Å². The predicted molar refractivity (Wildman–Crippen MR) is 490 cm³/mol. The van der Waals surface area contributed by atoms with Crippen molar-refractivity contribution in [1.82, 2.24) is 9.55 Å². The molecule has 0 bridgehead atoms. The van der Waals surface area contributed by atoms with E-state index in [-0.39, 0.29) is 82.2 Å². The van der Waals surface area contributed by atoms with Gasteiger partial charge in [-0.25, -0.2) is 17.6 Å². The number of ether oxygens (including phenoxy) is 8. The lowest BCUT2D eigenvalue weighted by Gasteiger charge is -2.11. The molecule has 4 heterocycles. The lowest BCUT2D eigenvalue weighted by atomic mass is 9.98. The van der Waals surface area contributed by atoms with E-state index in [0.29, 0.717) is 107 Å². The summed E-state index contributed by atoms with van der Waals surface area (Å²) >= 11 is 0. The van der Waals surface area contributed by atoms with Crippen LogP contribution in [0.4, 0.5) is 17.6 Å². The third-order valence-electron chi connectivity index (χ3n) is 23.2. The molecule has 662 valence electrons. The molecule has 0 atom stereocenters. The zero-order valence-electron chi connectivity index (χ0n) is 73.4. The summed E-state index contributed by atoms with van der Waals surface area (Å²) in [5.74, 6) is 1.07. The number of nitrogens with zero attached hydrogens (tertiary/aromatic N) is 1. The van der Waals surface area contributed by atoms with Crippen LogP contribution in [0.5, 0.6) is 69.0 Å². The van der Waals surface area contributed by atoms with Gasteiger partial charge in [0.05, 0.1) is 75.0 Å². The van der Waals surface area contributed by atoms with Gasteiger partial charge in [0, 0.05) is 68.6 Å². The molecule has 129 heavy (non-hydrogen) atoms. The highest BCUT2D eigenvalue weighted by atomic mass is 19.1. The molecule has 0 fully saturated rings. The number of carbonyl (C=O) groups excluding carboxylic acids is 4. The van der Waals surface area contributed by atoms with Crippen LogP contribution in [-0.4, -0.2) is 110 Å². The van der Waals surface area contributed by atoms with Crippen LogP contribution in [-0.2, 0) is 7.05 Å². The number of hydrogen-bond acceptors (Lipinski definition) is 18. The van der Waals surface area contributed by atoms with Crippen molar-refractivity contribution in [2.45, 2.75) is 79.1 Å². The highest BCUT2D eigenvalue weighted by molar-refractivity contribution is 6.10. The summed E-state index contributed by atoms with van der Waals surface area (Å²) in [5, 5.41) is 40.8. The van der Waals surface area contributed by atoms with Gasteiger partial charge in [0.15, 0.2) is 74.9 Å². The number of fused-ring (bicyclic) bond motifs is 4. The molecule has 4 aliphatic rings. The number of H-pyrrole nitrogens is 1. The zero-order chi connectivity index (χ0) is 92.2. The van der Waals surface area contributed by atoms with Crippen molar-refractivity contribution in [1.29, 1.82) is 0 Å². The Morgan fingerprint density at radius 1 is 0.364 bits per heavy atom. The Balaban J connectivity index is 0.000000147. The van der Waals surface area contributed by atoms with Gasteiger partial charge in [0.1, 0.15) is 29.5 Å². The number of benzene rings is 8. The number of halogens is 4. The van der Waals surface area contributed by atoms with Crippen LogP contribution >= 0.6 is 0 Å². The smallest absolute Gasteiger partial charge is 0.200 e. The number of aromatic nitrogens is 2. The standard InChI is InChI=1S/C27H26FNO4.C26H24FNO4.2C26H23FO5/c1-16-20(7-8-24(30)18-9-10-29(2)15-18)23-14-19(28)5-6-21(23)22(16)11-17-12-25(32-3)27(31)26(13-17)33-4;1-15-19(6-7-23(29)17-8-9-28-14-17)22-13-18(27)4-5-20(22)21(15)10-16-11-24(31-2)26(30)25(12-16)32-3;1-15-19(6-7-23(28)17-8-9-32-14-17)22-13-18(27)4-5-20(22)21(15)10-16-11-24(30-2)26(29)25(12-16)31-3;1-15-18(8-9-22(28)23-5-4-10-32-23)21-14-17(27)6-7-19(21)20(15)11-16-12-24(30-2)26(29)25(13-16)31-3/h5-6,9-15,31H,7-8H2,1-4H3;4-5,8-14,28,30H,6-7H2,1-3H3;4-5,8-14,29H,6-7H2,1-3H3;4-7,10-14,29H,8-9H2,1-3H3/b22-11-;2*21-10-;20-11-. The van der Waals surface area contributed by atoms with Crippen molar-refractivity contribution >= 4 is 92.0 Å². The highest BCUT2D eigenvalue weighted by Gasteiger charge is 2.32. The molecule has 0 spiro atoms. The third kappa shape index (κ3) is 20.1. The van der Waals surface area contributed by atoms with Gasteiger partial charge in [-0.2, -0.15) is 0 Å². The first kappa shape index (κ1) is 91.5. The Bertz CT molecular complexity index is 6020. The molecule has 0 unspecified atom stereocenters. The fourth-order valence-electron chi connectivity index (χ4n) is 16.5. The first-order valence-corrected chi connectivity index (χ1v) is 41.2. The van der Waals surface area contributed by atoms with Gasteiger partial charge in [0.2, 0.25) is 23.0 Å². The van der Waals surface area contributed by atoms with Gasteiger partial charge >= 0.3 is 0 Å². The molecule has 0 amide bonds. The number of ketones is 4. The molecule has 4 aromatic heterocycles. The Kier molecular flexibility index (Phi) is 28.7. The van der Waals surface area contributed by atoms with E-state index < -0.39 is 0 Å². The predicted octanol–water partition coefficient (Wildman–Crippen LogP) is 24.0. The second kappa shape index (κ2) is 40.4.